The first-order valence-corrected chi connectivity index (χ1v) is 6.56. The highest BCUT2D eigenvalue weighted by Crippen LogP contribution is 2.14. The second-order valence-electron chi connectivity index (χ2n) is 4.28. The SMILES string of the molecule is C=C(CC#CC(=O)c1ccc(Cl)cc1)c1ccccc1. The van der Waals surface area contributed by atoms with Crippen molar-refractivity contribution in [2.24, 2.45) is 0 Å². The molecule has 0 heterocycles. The Hall–Kier alpha value is -2.30. The largest absolute Gasteiger partial charge is 0.279 e. The number of Topliss-reactive ketones (excluding diaryl/α,β-unsaturated/α-hetero) is 1. The van der Waals surface area contributed by atoms with Crippen LogP contribution in [0.25, 0.3) is 5.57 Å². The molecular weight excluding hydrogens is 268 g/mol. The van der Waals surface area contributed by atoms with Crippen LogP contribution in [-0.2, 0) is 0 Å². The third-order valence-corrected chi connectivity index (χ3v) is 3.04. The standard InChI is InChI=1S/C18H13ClO/c1-14(15-7-3-2-4-8-15)6-5-9-18(20)16-10-12-17(19)13-11-16/h2-4,7-8,10-13H,1,6H2. The molecule has 1 nitrogen and oxygen atoms in total. The molecule has 0 spiro atoms. The number of halogens is 1. The minimum absolute atomic E-state index is 0.206. The Morgan fingerprint density at radius 1 is 1.00 bits per heavy atom. The molecule has 0 saturated heterocycles. The minimum atomic E-state index is -0.206. The van der Waals surface area contributed by atoms with Crippen molar-refractivity contribution in [3.63, 3.8) is 0 Å². The quantitative estimate of drug-likeness (QED) is 0.455. The van der Waals surface area contributed by atoms with E-state index in [1.807, 2.05) is 30.3 Å². The first-order valence-electron chi connectivity index (χ1n) is 6.19. The molecule has 2 rings (SSSR count). The second kappa shape index (κ2) is 6.75. The minimum Gasteiger partial charge on any atom is -0.279 e. The van der Waals surface area contributed by atoms with Gasteiger partial charge in [0, 0.05) is 17.0 Å². The van der Waals surface area contributed by atoms with Crippen molar-refractivity contribution < 1.29 is 4.79 Å². The van der Waals surface area contributed by atoms with E-state index in [2.05, 4.69) is 18.4 Å². The number of carbonyl (C=O) groups is 1. The Labute approximate surface area is 123 Å². The molecule has 0 unspecified atom stereocenters. The van der Waals surface area contributed by atoms with E-state index in [0.29, 0.717) is 17.0 Å². The van der Waals surface area contributed by atoms with Gasteiger partial charge in [-0.15, -0.1) is 0 Å². The molecule has 0 radical (unpaired) electrons. The summed E-state index contributed by atoms with van der Waals surface area (Å²) in [7, 11) is 0. The van der Waals surface area contributed by atoms with Gasteiger partial charge < -0.3 is 0 Å². The van der Waals surface area contributed by atoms with E-state index in [-0.39, 0.29) is 5.78 Å². The molecule has 98 valence electrons. The summed E-state index contributed by atoms with van der Waals surface area (Å²) in [5.41, 5.74) is 2.50. The monoisotopic (exact) mass is 280 g/mol. The Morgan fingerprint density at radius 2 is 1.65 bits per heavy atom. The molecular formula is C18H13ClO. The van der Waals surface area contributed by atoms with Gasteiger partial charge >= 0.3 is 0 Å². The van der Waals surface area contributed by atoms with Crippen molar-refractivity contribution >= 4 is 23.0 Å². The maximum atomic E-state index is 11.8. The first-order chi connectivity index (χ1) is 9.66. The summed E-state index contributed by atoms with van der Waals surface area (Å²) in [4.78, 5) is 11.8. The van der Waals surface area contributed by atoms with Crippen LogP contribution >= 0.6 is 11.6 Å². The van der Waals surface area contributed by atoms with Gasteiger partial charge in [-0.05, 0) is 41.3 Å². The van der Waals surface area contributed by atoms with E-state index in [4.69, 9.17) is 11.6 Å². The van der Waals surface area contributed by atoms with Crippen molar-refractivity contribution in [3.05, 3.63) is 77.3 Å². The zero-order valence-electron chi connectivity index (χ0n) is 10.9. The lowest BCUT2D eigenvalue weighted by atomic mass is 10.0. The lowest BCUT2D eigenvalue weighted by Gasteiger charge is -1.99. The number of rotatable bonds is 3. The van der Waals surface area contributed by atoms with Crippen LogP contribution in [-0.4, -0.2) is 5.78 Å². The smallest absolute Gasteiger partial charge is 0.235 e. The summed E-state index contributed by atoms with van der Waals surface area (Å²) < 4.78 is 0. The zero-order chi connectivity index (χ0) is 14.4. The van der Waals surface area contributed by atoms with Crippen molar-refractivity contribution in [2.45, 2.75) is 6.42 Å². The number of hydrogen-bond acceptors (Lipinski definition) is 1. The average molecular weight is 281 g/mol. The highest BCUT2D eigenvalue weighted by Gasteiger charge is 2.01. The van der Waals surface area contributed by atoms with Crippen molar-refractivity contribution in [2.75, 3.05) is 0 Å². The first kappa shape index (κ1) is 14.1. The van der Waals surface area contributed by atoms with Gasteiger partial charge in [-0.2, -0.15) is 0 Å². The third-order valence-electron chi connectivity index (χ3n) is 2.79. The molecule has 0 aromatic heterocycles. The fourth-order valence-electron chi connectivity index (χ4n) is 1.68. The summed E-state index contributed by atoms with van der Waals surface area (Å²) in [6, 6.07) is 16.5. The molecule has 2 heteroatoms. The molecule has 0 aliphatic rings. The van der Waals surface area contributed by atoms with Crippen LogP contribution in [0.5, 0.6) is 0 Å². The van der Waals surface area contributed by atoms with Gasteiger partial charge in [-0.25, -0.2) is 0 Å². The van der Waals surface area contributed by atoms with Crippen molar-refractivity contribution in [1.29, 1.82) is 0 Å². The van der Waals surface area contributed by atoms with E-state index in [1.165, 1.54) is 0 Å². The van der Waals surface area contributed by atoms with Gasteiger partial charge in [0.25, 0.3) is 0 Å². The Bertz CT molecular complexity index is 673. The number of benzene rings is 2. The predicted octanol–water partition coefficient (Wildman–Crippen LogP) is 4.63. The normalized spacial score (nSPS) is 9.45. The van der Waals surface area contributed by atoms with Crippen LogP contribution < -0.4 is 0 Å². The van der Waals surface area contributed by atoms with Gasteiger partial charge in [0.15, 0.2) is 0 Å². The summed E-state index contributed by atoms with van der Waals surface area (Å²) in [6.45, 7) is 3.97. The third kappa shape index (κ3) is 3.85. The maximum absolute atomic E-state index is 11.8. The van der Waals surface area contributed by atoms with Crippen LogP contribution in [0.1, 0.15) is 22.3 Å². The Morgan fingerprint density at radius 3 is 2.30 bits per heavy atom. The van der Waals surface area contributed by atoms with Gasteiger partial charge in [0.05, 0.1) is 0 Å². The van der Waals surface area contributed by atoms with Crippen LogP contribution in [0.2, 0.25) is 5.02 Å². The zero-order valence-corrected chi connectivity index (χ0v) is 11.7. The lowest BCUT2D eigenvalue weighted by molar-refractivity contribution is 0.105. The molecule has 20 heavy (non-hydrogen) atoms. The van der Waals surface area contributed by atoms with Crippen LogP contribution in [0.4, 0.5) is 0 Å². The molecule has 0 amide bonds. The van der Waals surface area contributed by atoms with Crippen molar-refractivity contribution in [1.82, 2.24) is 0 Å². The molecule has 0 bridgehead atoms. The number of ketones is 1. The Kier molecular flexibility index (Phi) is 4.76. The topological polar surface area (TPSA) is 17.1 Å². The molecule has 0 aliphatic heterocycles. The average Bonchev–Trinajstić information content (AvgIpc) is 2.48. The van der Waals surface area contributed by atoms with Gasteiger partial charge in [0.2, 0.25) is 5.78 Å². The lowest BCUT2D eigenvalue weighted by Crippen LogP contribution is -1.94. The van der Waals surface area contributed by atoms with E-state index < -0.39 is 0 Å². The summed E-state index contributed by atoms with van der Waals surface area (Å²) in [6.07, 6.45) is 0.476. The summed E-state index contributed by atoms with van der Waals surface area (Å²) in [5.74, 6) is 5.28. The van der Waals surface area contributed by atoms with E-state index in [9.17, 15) is 4.79 Å². The number of hydrogen-bond donors (Lipinski definition) is 0. The fourth-order valence-corrected chi connectivity index (χ4v) is 1.81. The number of carbonyl (C=O) groups excluding carboxylic acids is 1. The highest BCUT2D eigenvalue weighted by molar-refractivity contribution is 6.30. The van der Waals surface area contributed by atoms with Gasteiger partial charge in [-0.1, -0.05) is 54.4 Å². The Balaban J connectivity index is 1.99. The van der Waals surface area contributed by atoms with E-state index >= 15 is 0 Å². The molecule has 2 aromatic rings. The molecule has 0 atom stereocenters. The molecule has 0 saturated carbocycles. The van der Waals surface area contributed by atoms with Gasteiger partial charge in [-0.3, -0.25) is 4.79 Å². The van der Waals surface area contributed by atoms with Crippen molar-refractivity contribution in [3.8, 4) is 11.8 Å². The highest BCUT2D eigenvalue weighted by atomic mass is 35.5. The molecule has 0 aliphatic carbocycles. The van der Waals surface area contributed by atoms with Gasteiger partial charge in [0.1, 0.15) is 0 Å². The number of allylic oxidation sites excluding steroid dienone is 1. The fraction of sp³-hybridized carbons (Fsp3) is 0.0556. The summed E-state index contributed by atoms with van der Waals surface area (Å²) >= 11 is 5.77. The van der Waals surface area contributed by atoms with E-state index in [0.717, 1.165) is 11.1 Å². The van der Waals surface area contributed by atoms with Crippen LogP contribution in [0, 0.1) is 11.8 Å². The van der Waals surface area contributed by atoms with Crippen LogP contribution in [0.15, 0.2) is 61.2 Å². The van der Waals surface area contributed by atoms with Crippen LogP contribution in [0.3, 0.4) is 0 Å². The maximum Gasteiger partial charge on any atom is 0.235 e. The predicted molar refractivity (Wildman–Crippen MR) is 83.7 cm³/mol. The molecule has 0 fully saturated rings. The molecule has 2 aromatic carbocycles. The summed E-state index contributed by atoms with van der Waals surface area (Å²) in [5, 5.41) is 0.604. The molecule has 0 N–H and O–H groups in total. The van der Waals surface area contributed by atoms with E-state index in [1.54, 1.807) is 24.3 Å². The second-order valence-corrected chi connectivity index (χ2v) is 4.72.